The van der Waals surface area contributed by atoms with E-state index < -0.39 is 42.7 Å². The normalized spacial score (nSPS) is 18.2. The Morgan fingerprint density at radius 3 is 1.98 bits per heavy atom. The van der Waals surface area contributed by atoms with Crippen molar-refractivity contribution in [1.82, 2.24) is 5.32 Å². The van der Waals surface area contributed by atoms with Gasteiger partial charge in [-0.15, -0.1) is 0 Å². The summed E-state index contributed by atoms with van der Waals surface area (Å²) in [6.45, 7) is 25.3. The summed E-state index contributed by atoms with van der Waals surface area (Å²) in [5, 5.41) is 3.03. The van der Waals surface area contributed by atoms with Crippen LogP contribution < -0.4 is 5.32 Å². The molecule has 0 radical (unpaired) electrons. The van der Waals surface area contributed by atoms with Crippen molar-refractivity contribution in [3.05, 3.63) is 35.9 Å². The monoisotopic (exact) mass is 619 g/mol. The predicted octanol–water partition coefficient (Wildman–Crippen LogP) is 8.06. The molecule has 244 valence electrons. The van der Waals surface area contributed by atoms with Gasteiger partial charge in [-0.05, 0) is 97.7 Å². The lowest BCUT2D eigenvalue weighted by atomic mass is 9.80. The van der Waals surface area contributed by atoms with E-state index in [1.54, 1.807) is 0 Å². The topological polar surface area (TPSA) is 92.3 Å². The van der Waals surface area contributed by atoms with Crippen LogP contribution in [0.25, 0.3) is 0 Å². The number of unbranched alkanes of at least 4 members (excludes halogenated alkanes) is 1. The molecule has 1 aromatic carbocycles. The number of rotatable bonds is 14. The van der Waals surface area contributed by atoms with E-state index in [1.807, 2.05) is 78.8 Å². The fourth-order valence-corrected chi connectivity index (χ4v) is 5.66. The van der Waals surface area contributed by atoms with Gasteiger partial charge in [0.05, 0.1) is 11.2 Å². The van der Waals surface area contributed by atoms with Crippen molar-refractivity contribution < 1.29 is 32.8 Å². The second kappa shape index (κ2) is 14.5. The van der Waals surface area contributed by atoms with Gasteiger partial charge in [0, 0.05) is 6.61 Å². The molecule has 2 rings (SSSR count). The zero-order valence-electron chi connectivity index (χ0n) is 29.0. The Balaban J connectivity index is 2.20. The molecule has 1 aromatic rings. The average Bonchev–Trinajstić information content (AvgIpc) is 3.07. The minimum Gasteiger partial charge on any atom is -0.458 e. The zero-order valence-corrected chi connectivity index (χ0v) is 30.0. The summed E-state index contributed by atoms with van der Waals surface area (Å²) in [5.74, 6) is -0.459. The number of esters is 1. The van der Waals surface area contributed by atoms with E-state index in [2.05, 4.69) is 39.2 Å². The minimum absolute atomic E-state index is 0.0717. The highest BCUT2D eigenvalue weighted by atomic mass is 28.4. The highest BCUT2D eigenvalue weighted by Crippen LogP contribution is 2.39. The van der Waals surface area contributed by atoms with Crippen LogP contribution in [0.2, 0.25) is 24.5 Å². The third kappa shape index (κ3) is 11.2. The lowest BCUT2D eigenvalue weighted by Crippen LogP contribution is -2.57. The Labute approximate surface area is 262 Å². The largest absolute Gasteiger partial charge is 0.458 e. The molecule has 1 heterocycles. The molecule has 10 heteroatoms. The summed E-state index contributed by atoms with van der Waals surface area (Å²) >= 11 is 0. The first-order valence-corrected chi connectivity index (χ1v) is 18.7. The van der Waals surface area contributed by atoms with Crippen molar-refractivity contribution >= 4 is 27.5 Å². The highest BCUT2D eigenvalue weighted by molar-refractivity contribution is 6.74. The van der Waals surface area contributed by atoms with E-state index in [0.29, 0.717) is 38.6 Å². The van der Waals surface area contributed by atoms with Gasteiger partial charge in [-0.1, -0.05) is 63.9 Å². The van der Waals surface area contributed by atoms with E-state index >= 15 is 0 Å². The van der Waals surface area contributed by atoms with Crippen LogP contribution in [0, 0.1) is 0 Å². The number of benzene rings is 1. The SMILES string of the molecule is CC(C)(C)OC(=O)C(CCCCB1OC(C)(C)C(C)(C)O1)(CCCO[Si](C)(C)C(C)(C)C)NC(=O)OCc1ccccc1. The number of ether oxygens (including phenoxy) is 2. The van der Waals surface area contributed by atoms with Crippen LogP contribution in [0.3, 0.4) is 0 Å². The van der Waals surface area contributed by atoms with Crippen molar-refractivity contribution in [3.63, 3.8) is 0 Å². The van der Waals surface area contributed by atoms with Crippen LogP contribution in [0.4, 0.5) is 4.79 Å². The Morgan fingerprint density at radius 1 is 0.884 bits per heavy atom. The second-order valence-corrected chi connectivity index (χ2v) is 20.2. The maximum absolute atomic E-state index is 13.9. The van der Waals surface area contributed by atoms with Gasteiger partial charge in [0.25, 0.3) is 0 Å². The summed E-state index contributed by atoms with van der Waals surface area (Å²) in [6.07, 6.45) is 2.79. The van der Waals surface area contributed by atoms with Crippen LogP contribution in [-0.2, 0) is 34.6 Å². The Hall–Kier alpha value is -1.88. The molecule has 1 amide bonds. The maximum atomic E-state index is 13.9. The maximum Gasteiger partial charge on any atom is 0.457 e. The molecule has 1 atom stereocenters. The molecule has 0 bridgehead atoms. The second-order valence-electron chi connectivity index (χ2n) is 15.4. The smallest absolute Gasteiger partial charge is 0.457 e. The summed E-state index contributed by atoms with van der Waals surface area (Å²) < 4.78 is 30.3. The van der Waals surface area contributed by atoms with Gasteiger partial charge in [-0.3, -0.25) is 0 Å². The number of carbonyl (C=O) groups is 2. The highest BCUT2D eigenvalue weighted by Gasteiger charge is 2.50. The predicted molar refractivity (Wildman–Crippen MR) is 175 cm³/mol. The van der Waals surface area contributed by atoms with Crippen molar-refractivity contribution in [2.45, 2.75) is 155 Å². The summed E-state index contributed by atoms with van der Waals surface area (Å²) in [4.78, 5) is 27.1. The Bertz CT molecular complexity index is 1030. The third-order valence-corrected chi connectivity index (χ3v) is 13.5. The van der Waals surface area contributed by atoms with Crippen LogP contribution in [-0.4, -0.2) is 56.4 Å². The van der Waals surface area contributed by atoms with Crippen LogP contribution in [0.5, 0.6) is 0 Å². The molecule has 1 N–H and O–H groups in total. The number of hydrogen-bond acceptors (Lipinski definition) is 7. The van der Waals surface area contributed by atoms with Gasteiger partial charge in [-0.2, -0.15) is 0 Å². The van der Waals surface area contributed by atoms with Crippen LogP contribution in [0.1, 0.15) is 107 Å². The van der Waals surface area contributed by atoms with E-state index in [9.17, 15) is 9.59 Å². The fraction of sp³-hybridized carbons (Fsp3) is 0.758. The first-order chi connectivity index (χ1) is 19.6. The molecular formula is C33H58BNO7Si. The molecule has 0 spiro atoms. The van der Waals surface area contributed by atoms with E-state index in [0.717, 1.165) is 12.0 Å². The summed E-state index contributed by atoms with van der Waals surface area (Å²) in [7, 11) is -2.29. The van der Waals surface area contributed by atoms with Crippen molar-refractivity contribution in [3.8, 4) is 0 Å². The fourth-order valence-electron chi connectivity index (χ4n) is 4.57. The van der Waals surface area contributed by atoms with Gasteiger partial charge in [-0.25, -0.2) is 9.59 Å². The number of hydrogen-bond donors (Lipinski definition) is 1. The molecule has 0 aromatic heterocycles. The Kier molecular flexibility index (Phi) is 12.6. The lowest BCUT2D eigenvalue weighted by molar-refractivity contribution is -0.164. The van der Waals surface area contributed by atoms with E-state index in [1.165, 1.54) is 0 Å². The van der Waals surface area contributed by atoms with Gasteiger partial charge in [0.2, 0.25) is 0 Å². The molecule has 0 saturated carbocycles. The van der Waals surface area contributed by atoms with Gasteiger partial charge >= 0.3 is 19.2 Å². The minimum atomic E-state index is -1.97. The lowest BCUT2D eigenvalue weighted by Gasteiger charge is -2.37. The van der Waals surface area contributed by atoms with Crippen LogP contribution >= 0.6 is 0 Å². The quantitative estimate of drug-likeness (QED) is 0.128. The van der Waals surface area contributed by atoms with E-state index in [-0.39, 0.29) is 18.8 Å². The summed E-state index contributed by atoms with van der Waals surface area (Å²) in [6, 6.07) is 9.48. The van der Waals surface area contributed by atoms with Crippen molar-refractivity contribution in [2.75, 3.05) is 6.61 Å². The number of amides is 1. The molecular weight excluding hydrogens is 561 g/mol. The number of alkyl carbamates (subject to hydrolysis) is 1. The summed E-state index contributed by atoms with van der Waals surface area (Å²) in [5.41, 5.74) is -1.92. The van der Waals surface area contributed by atoms with Gasteiger partial charge < -0.3 is 28.5 Å². The average molecular weight is 620 g/mol. The molecule has 1 fully saturated rings. The number of carbonyl (C=O) groups excluding carboxylic acids is 2. The van der Waals surface area contributed by atoms with Gasteiger partial charge in [0.15, 0.2) is 8.32 Å². The molecule has 1 unspecified atom stereocenters. The molecule has 1 aliphatic heterocycles. The Morgan fingerprint density at radius 2 is 1.44 bits per heavy atom. The molecule has 0 aliphatic carbocycles. The standard InChI is InChI=1S/C33H58BNO7Si/c1-29(2,3)40-27(36)33(22-18-24-39-43(11,12)30(4,5)6,35-28(37)38-25-26-19-14-13-15-20-26)21-16-17-23-34-41-31(7,8)32(9,10)42-34/h13-15,19-20H,16-18,21-25H2,1-12H3,(H,35,37). The van der Waals surface area contributed by atoms with Crippen LogP contribution in [0.15, 0.2) is 30.3 Å². The van der Waals surface area contributed by atoms with Gasteiger partial charge in [0.1, 0.15) is 17.7 Å². The molecule has 1 saturated heterocycles. The number of nitrogens with one attached hydrogen (secondary N) is 1. The van der Waals surface area contributed by atoms with E-state index in [4.69, 9.17) is 23.2 Å². The van der Waals surface area contributed by atoms with Crippen molar-refractivity contribution in [2.24, 2.45) is 0 Å². The third-order valence-electron chi connectivity index (χ3n) is 8.96. The first-order valence-electron chi connectivity index (χ1n) is 15.8. The first kappa shape index (κ1) is 37.3. The zero-order chi connectivity index (χ0) is 32.7. The molecule has 8 nitrogen and oxygen atoms in total. The van der Waals surface area contributed by atoms with Crippen molar-refractivity contribution in [1.29, 1.82) is 0 Å². The molecule has 1 aliphatic rings. The molecule has 43 heavy (non-hydrogen) atoms.